The summed E-state index contributed by atoms with van der Waals surface area (Å²) in [5, 5.41) is 0. The van der Waals surface area contributed by atoms with Crippen molar-refractivity contribution < 1.29 is 9.59 Å². The molecule has 0 saturated heterocycles. The number of hydrogen-bond acceptors (Lipinski definition) is 3. The average molecular weight is 351 g/mol. The lowest BCUT2D eigenvalue weighted by atomic mass is 10.1. The third-order valence-electron chi connectivity index (χ3n) is 4.91. The van der Waals surface area contributed by atoms with Gasteiger partial charge < -0.3 is 4.90 Å². The van der Waals surface area contributed by atoms with Gasteiger partial charge in [-0.15, -0.1) is 0 Å². The van der Waals surface area contributed by atoms with Crippen molar-refractivity contribution in [1.82, 2.24) is 10.9 Å². The topological polar surface area (TPSA) is 61.4 Å². The smallest absolute Gasteiger partial charge is 0.269 e. The molecule has 1 aliphatic carbocycles. The molecule has 1 aliphatic rings. The van der Waals surface area contributed by atoms with Gasteiger partial charge in [-0.2, -0.15) is 0 Å². The van der Waals surface area contributed by atoms with Gasteiger partial charge in [0.1, 0.15) is 0 Å². The fraction of sp³-hybridized carbons (Fsp3) is 0.333. The van der Waals surface area contributed by atoms with Crippen molar-refractivity contribution in [3.05, 3.63) is 64.7 Å². The van der Waals surface area contributed by atoms with Gasteiger partial charge in [0, 0.05) is 29.9 Å². The monoisotopic (exact) mass is 351 g/mol. The van der Waals surface area contributed by atoms with Gasteiger partial charge >= 0.3 is 0 Å². The Morgan fingerprint density at radius 3 is 2.08 bits per heavy atom. The summed E-state index contributed by atoms with van der Waals surface area (Å²) in [6.07, 6.45) is 3.24. The molecule has 0 saturated carbocycles. The Morgan fingerprint density at radius 1 is 0.846 bits per heavy atom. The van der Waals surface area contributed by atoms with Crippen LogP contribution in [0.5, 0.6) is 0 Å². The fourth-order valence-electron chi connectivity index (χ4n) is 3.38. The van der Waals surface area contributed by atoms with E-state index in [2.05, 4.69) is 29.6 Å². The summed E-state index contributed by atoms with van der Waals surface area (Å²) >= 11 is 0. The van der Waals surface area contributed by atoms with Gasteiger partial charge in [0.05, 0.1) is 0 Å². The van der Waals surface area contributed by atoms with Crippen LogP contribution in [0.15, 0.2) is 42.5 Å². The minimum absolute atomic E-state index is 0.298. The zero-order valence-corrected chi connectivity index (χ0v) is 15.3. The summed E-state index contributed by atoms with van der Waals surface area (Å²) in [5.41, 5.74) is 9.70. The number of hydrogen-bond donors (Lipinski definition) is 2. The molecule has 5 heteroatoms. The van der Waals surface area contributed by atoms with Crippen LogP contribution in [-0.2, 0) is 12.8 Å². The zero-order chi connectivity index (χ0) is 18.5. The molecular formula is C21H25N3O2. The van der Waals surface area contributed by atoms with Crippen LogP contribution in [0.1, 0.15) is 52.1 Å². The van der Waals surface area contributed by atoms with Gasteiger partial charge in [-0.05, 0) is 80.6 Å². The molecule has 2 N–H and O–H groups in total. The minimum atomic E-state index is -0.328. The third kappa shape index (κ3) is 3.87. The Kier molecular flexibility index (Phi) is 5.56. The second kappa shape index (κ2) is 8.04. The number of carbonyl (C=O) groups excluding carboxylic acids is 2. The van der Waals surface area contributed by atoms with Crippen molar-refractivity contribution in [2.45, 2.75) is 33.1 Å². The zero-order valence-electron chi connectivity index (χ0n) is 15.3. The first kappa shape index (κ1) is 18.0. The molecule has 0 fully saturated rings. The molecule has 0 unspecified atom stereocenters. The van der Waals surface area contributed by atoms with E-state index >= 15 is 0 Å². The van der Waals surface area contributed by atoms with E-state index in [4.69, 9.17) is 0 Å². The van der Waals surface area contributed by atoms with Crippen LogP contribution in [0.2, 0.25) is 0 Å². The van der Waals surface area contributed by atoms with E-state index in [9.17, 15) is 9.59 Å². The number of rotatable bonds is 5. The fourth-order valence-corrected chi connectivity index (χ4v) is 3.38. The molecule has 0 bridgehead atoms. The number of benzene rings is 2. The van der Waals surface area contributed by atoms with E-state index < -0.39 is 0 Å². The van der Waals surface area contributed by atoms with Gasteiger partial charge in [0.25, 0.3) is 11.8 Å². The van der Waals surface area contributed by atoms with Crippen LogP contribution in [0.25, 0.3) is 0 Å². The number of carbonyl (C=O) groups is 2. The standard InChI is InChI=1S/C21H25N3O2/c1-3-24(4-2)19-12-10-16(11-13-19)20(25)22-23-21(26)18-9-8-15-6-5-7-17(15)14-18/h8-14H,3-7H2,1-2H3,(H,22,25)(H,23,26). The normalized spacial score (nSPS) is 12.4. The maximum absolute atomic E-state index is 12.3. The first-order chi connectivity index (χ1) is 12.6. The molecule has 5 nitrogen and oxygen atoms in total. The molecule has 2 aromatic carbocycles. The van der Waals surface area contributed by atoms with Crippen LogP contribution in [0.3, 0.4) is 0 Å². The van der Waals surface area contributed by atoms with Crippen LogP contribution in [0.4, 0.5) is 5.69 Å². The van der Waals surface area contributed by atoms with Crippen molar-refractivity contribution in [1.29, 1.82) is 0 Å². The highest BCUT2D eigenvalue weighted by Crippen LogP contribution is 2.22. The van der Waals surface area contributed by atoms with Crippen LogP contribution < -0.4 is 15.8 Å². The molecule has 3 rings (SSSR count). The number of aryl methyl sites for hydroxylation is 2. The summed E-state index contributed by atoms with van der Waals surface area (Å²) in [5.74, 6) is -0.626. The van der Waals surface area contributed by atoms with Crippen molar-refractivity contribution in [3.8, 4) is 0 Å². The number of fused-ring (bicyclic) bond motifs is 1. The molecule has 0 atom stereocenters. The molecule has 0 heterocycles. The van der Waals surface area contributed by atoms with E-state index in [1.54, 1.807) is 12.1 Å². The van der Waals surface area contributed by atoms with Crippen LogP contribution >= 0.6 is 0 Å². The second-order valence-electron chi connectivity index (χ2n) is 6.46. The van der Waals surface area contributed by atoms with Gasteiger partial charge in [-0.25, -0.2) is 0 Å². The summed E-state index contributed by atoms with van der Waals surface area (Å²) in [6, 6.07) is 13.1. The van der Waals surface area contributed by atoms with Crippen LogP contribution in [-0.4, -0.2) is 24.9 Å². The molecule has 136 valence electrons. The molecule has 2 amide bonds. The van der Waals surface area contributed by atoms with Gasteiger partial charge in [0.2, 0.25) is 0 Å². The molecule has 2 aromatic rings. The maximum Gasteiger partial charge on any atom is 0.269 e. The predicted molar refractivity (Wildman–Crippen MR) is 103 cm³/mol. The lowest BCUT2D eigenvalue weighted by Crippen LogP contribution is -2.41. The third-order valence-corrected chi connectivity index (χ3v) is 4.91. The number of hydrazine groups is 1. The van der Waals surface area contributed by atoms with Gasteiger partial charge in [-0.1, -0.05) is 6.07 Å². The lowest BCUT2D eigenvalue weighted by Gasteiger charge is -2.21. The number of amides is 2. The first-order valence-electron chi connectivity index (χ1n) is 9.20. The Hall–Kier alpha value is -2.82. The molecule has 0 spiro atoms. The predicted octanol–water partition coefficient (Wildman–Crippen LogP) is 3.10. The summed E-state index contributed by atoms with van der Waals surface area (Å²) in [6.45, 7) is 6.02. The first-order valence-corrected chi connectivity index (χ1v) is 9.20. The molecule has 0 aliphatic heterocycles. The van der Waals surface area contributed by atoms with Crippen molar-refractivity contribution in [2.24, 2.45) is 0 Å². The molecule has 0 radical (unpaired) electrons. The quantitative estimate of drug-likeness (QED) is 0.814. The Bertz CT molecular complexity index is 795. The van der Waals surface area contributed by atoms with E-state index in [1.165, 1.54) is 11.1 Å². The van der Waals surface area contributed by atoms with E-state index in [0.29, 0.717) is 11.1 Å². The highest BCUT2D eigenvalue weighted by atomic mass is 16.2. The highest BCUT2D eigenvalue weighted by molar-refractivity contribution is 5.99. The summed E-state index contributed by atoms with van der Waals surface area (Å²) < 4.78 is 0. The Morgan fingerprint density at radius 2 is 1.42 bits per heavy atom. The molecule has 0 aromatic heterocycles. The van der Waals surface area contributed by atoms with Crippen molar-refractivity contribution in [3.63, 3.8) is 0 Å². The average Bonchev–Trinajstić information content (AvgIpc) is 3.15. The lowest BCUT2D eigenvalue weighted by molar-refractivity contribution is 0.0846. The SMILES string of the molecule is CCN(CC)c1ccc(C(=O)NNC(=O)c2ccc3c(c2)CCC3)cc1. The van der Waals surface area contributed by atoms with Crippen LogP contribution in [0, 0.1) is 0 Å². The van der Waals surface area contributed by atoms with Gasteiger partial charge in [-0.3, -0.25) is 20.4 Å². The minimum Gasteiger partial charge on any atom is -0.372 e. The van der Waals surface area contributed by atoms with Gasteiger partial charge in [0.15, 0.2) is 0 Å². The van der Waals surface area contributed by atoms with E-state index in [0.717, 1.165) is 38.0 Å². The largest absolute Gasteiger partial charge is 0.372 e. The Balaban J connectivity index is 1.59. The highest BCUT2D eigenvalue weighted by Gasteiger charge is 2.15. The summed E-state index contributed by atoms with van der Waals surface area (Å²) in [4.78, 5) is 26.7. The molecule has 26 heavy (non-hydrogen) atoms. The van der Waals surface area contributed by atoms with E-state index in [1.807, 2.05) is 30.3 Å². The summed E-state index contributed by atoms with van der Waals surface area (Å²) in [7, 11) is 0. The Labute approximate surface area is 154 Å². The molecular weight excluding hydrogens is 326 g/mol. The van der Waals surface area contributed by atoms with Crippen molar-refractivity contribution in [2.75, 3.05) is 18.0 Å². The number of nitrogens with zero attached hydrogens (tertiary/aromatic N) is 1. The van der Waals surface area contributed by atoms with Crippen molar-refractivity contribution >= 4 is 17.5 Å². The van der Waals surface area contributed by atoms with E-state index in [-0.39, 0.29) is 11.8 Å². The number of nitrogens with one attached hydrogen (secondary N) is 2. The second-order valence-corrected chi connectivity index (χ2v) is 6.46. The maximum atomic E-state index is 12.3. The number of anilines is 1.